The maximum Gasteiger partial charge on any atom is 0.335 e. The number of nitrogens with one attached hydrogen (secondary N) is 5. The number of hydrazine groups is 2. The molecule has 2 saturated heterocycles. The number of hydrogen-bond donors (Lipinski definition) is 7. The number of pyridine rings is 2. The lowest BCUT2D eigenvalue weighted by Gasteiger charge is -2.34. The van der Waals surface area contributed by atoms with Crippen molar-refractivity contribution in [3.8, 4) is 23.7 Å². The molecule has 4 aromatic carbocycles. The number of nitrogens with two attached hydrogens (primary N) is 1. The molecular weight excluding hydrogens is 1120 g/mol. The first-order valence-corrected chi connectivity index (χ1v) is 28.2. The molecule has 0 atom stereocenters. The number of piperidine rings is 2. The molecule has 8 N–H and O–H groups in total. The van der Waals surface area contributed by atoms with E-state index in [0.29, 0.717) is 91.4 Å². The zero-order chi connectivity index (χ0) is 61.7. The molecule has 4 heterocycles. The topological polar surface area (TPSA) is 248 Å². The molecule has 6 aromatic rings. The highest BCUT2D eigenvalue weighted by Gasteiger charge is 2.24. The molecule has 0 spiro atoms. The largest absolute Gasteiger partial charge is 0.478 e. The van der Waals surface area contributed by atoms with Gasteiger partial charge >= 0.3 is 5.97 Å². The van der Waals surface area contributed by atoms with E-state index in [2.05, 4.69) is 103 Å². The number of halogens is 2. The molecule has 0 radical (unpaired) electrons. The first kappa shape index (κ1) is 65.7. The lowest BCUT2D eigenvalue weighted by Crippen LogP contribution is -2.44. The van der Waals surface area contributed by atoms with E-state index >= 15 is 0 Å². The smallest absolute Gasteiger partial charge is 0.335 e. The van der Waals surface area contributed by atoms with Crippen LogP contribution in [0.25, 0.3) is 0 Å². The number of amides is 5. The van der Waals surface area contributed by atoms with Gasteiger partial charge in [-0.15, -0.1) is 0 Å². The molecule has 0 aliphatic carbocycles. The van der Waals surface area contributed by atoms with Crippen LogP contribution in [0, 0.1) is 51.4 Å². The number of aryl methyl sites for hydroxylation is 4. The Hall–Kier alpha value is -8.50. The van der Waals surface area contributed by atoms with Gasteiger partial charge in [-0.3, -0.25) is 50.0 Å². The number of benzene rings is 4. The number of carboxylic acid groups (broad SMARTS) is 1. The Morgan fingerprint density at radius 1 is 0.553 bits per heavy atom. The molecule has 444 valence electrons. The number of likely N-dealkylation sites (tertiary alicyclic amines) is 2. The molecule has 2 fully saturated rings. The second-order valence-corrected chi connectivity index (χ2v) is 21.8. The quantitative estimate of drug-likeness (QED) is 0.0272. The summed E-state index contributed by atoms with van der Waals surface area (Å²) in [6, 6.07) is 28.5. The van der Waals surface area contributed by atoms with Crippen LogP contribution in [0.3, 0.4) is 0 Å². The Morgan fingerprint density at radius 3 is 1.35 bits per heavy atom. The number of carbonyl (C=O) groups excluding carboxylic acids is 5. The average molecular weight is 1190 g/mol. The van der Waals surface area contributed by atoms with Crippen LogP contribution in [0.4, 0.5) is 11.6 Å². The number of nitrogens with zero attached hydrogens (tertiary/aromatic N) is 6. The van der Waals surface area contributed by atoms with Gasteiger partial charge in [0.15, 0.2) is 0 Å². The van der Waals surface area contributed by atoms with E-state index in [4.69, 9.17) is 34.2 Å². The molecular formula is C64H72Cl2N12O7. The summed E-state index contributed by atoms with van der Waals surface area (Å²) in [5.74, 6) is 15.6. The van der Waals surface area contributed by atoms with Crippen LogP contribution < -0.4 is 32.8 Å². The lowest BCUT2D eigenvalue weighted by atomic mass is 10.0. The second kappa shape index (κ2) is 32.0. The van der Waals surface area contributed by atoms with Gasteiger partial charge in [0.1, 0.15) is 11.6 Å². The number of aromatic carboxylic acids is 1. The number of anilines is 2. The van der Waals surface area contributed by atoms with E-state index in [1.165, 1.54) is 0 Å². The van der Waals surface area contributed by atoms with E-state index in [0.717, 1.165) is 68.6 Å². The summed E-state index contributed by atoms with van der Waals surface area (Å²) in [6.07, 6.45) is 7.45. The average Bonchev–Trinajstić information content (AvgIpc) is 3.67. The van der Waals surface area contributed by atoms with Crippen molar-refractivity contribution in [2.45, 2.75) is 65.5 Å². The van der Waals surface area contributed by atoms with Crippen molar-refractivity contribution in [3.63, 3.8) is 0 Å². The zero-order valence-corrected chi connectivity index (χ0v) is 50.5. The fourth-order valence-corrected chi connectivity index (χ4v) is 9.88. The first-order valence-electron chi connectivity index (χ1n) is 27.5. The Labute approximate surface area is 507 Å². The monoisotopic (exact) mass is 1190 g/mol. The van der Waals surface area contributed by atoms with Crippen molar-refractivity contribution in [2.75, 3.05) is 78.1 Å². The highest BCUT2D eigenvalue weighted by atomic mass is 35.5. The highest BCUT2D eigenvalue weighted by molar-refractivity contribution is 6.34. The molecule has 5 amide bonds. The van der Waals surface area contributed by atoms with Crippen LogP contribution in [-0.2, 0) is 9.59 Å². The number of carbonyl (C=O) groups is 6. The van der Waals surface area contributed by atoms with Gasteiger partial charge in [0.2, 0.25) is 11.8 Å². The summed E-state index contributed by atoms with van der Waals surface area (Å²) in [5, 5.41) is 15.5. The molecule has 85 heavy (non-hydrogen) atoms. The van der Waals surface area contributed by atoms with Gasteiger partial charge in [-0.05, 0) is 164 Å². The fraction of sp³-hybridized carbons (Fsp3) is 0.312. The van der Waals surface area contributed by atoms with Crippen molar-refractivity contribution < 1.29 is 33.9 Å². The molecule has 2 aliphatic rings. The van der Waals surface area contributed by atoms with E-state index in [1.807, 2.05) is 19.3 Å². The molecule has 8 rings (SSSR count). The van der Waals surface area contributed by atoms with Crippen molar-refractivity contribution in [1.29, 1.82) is 0 Å². The normalized spacial score (nSPS) is 13.5. The van der Waals surface area contributed by atoms with Crippen LogP contribution in [-0.4, -0.2) is 150 Å². The van der Waals surface area contributed by atoms with E-state index < -0.39 is 17.8 Å². The minimum absolute atomic E-state index is 0.0734. The third-order valence-electron chi connectivity index (χ3n) is 14.4. The number of rotatable bonds is 12. The Balaban J connectivity index is 0.000000234. The van der Waals surface area contributed by atoms with Gasteiger partial charge < -0.3 is 25.5 Å². The van der Waals surface area contributed by atoms with Crippen molar-refractivity contribution in [3.05, 3.63) is 186 Å². The Bertz CT molecular complexity index is 3440. The number of aromatic nitrogens is 2. The predicted octanol–water partition coefficient (Wildman–Crippen LogP) is 7.50. The number of nitrogen functional groups attached to an aromatic ring is 1. The van der Waals surface area contributed by atoms with Gasteiger partial charge in [-0.2, -0.15) is 0 Å². The highest BCUT2D eigenvalue weighted by Crippen LogP contribution is 2.21. The first-order chi connectivity index (χ1) is 40.6. The van der Waals surface area contributed by atoms with Crippen LogP contribution in [0.1, 0.15) is 112 Å². The summed E-state index contributed by atoms with van der Waals surface area (Å²) in [4.78, 5) is 89.8. The van der Waals surface area contributed by atoms with Crippen molar-refractivity contribution in [2.24, 2.45) is 5.84 Å². The Morgan fingerprint density at radius 2 is 0.965 bits per heavy atom. The number of carboxylic acids is 1. The summed E-state index contributed by atoms with van der Waals surface area (Å²) >= 11 is 11.9. The lowest BCUT2D eigenvalue weighted by molar-refractivity contribution is -0.118. The third-order valence-corrected chi connectivity index (χ3v) is 15.0. The van der Waals surface area contributed by atoms with Crippen LogP contribution >= 0.6 is 23.2 Å². The minimum atomic E-state index is -0.980. The van der Waals surface area contributed by atoms with Gasteiger partial charge in [0.05, 0.1) is 39.8 Å². The molecule has 0 bridgehead atoms. The maximum atomic E-state index is 12.7. The second-order valence-electron chi connectivity index (χ2n) is 21.0. The van der Waals surface area contributed by atoms with Gasteiger partial charge in [-0.25, -0.2) is 20.6 Å². The summed E-state index contributed by atoms with van der Waals surface area (Å²) in [6.45, 7) is 11.7. The van der Waals surface area contributed by atoms with Crippen molar-refractivity contribution >= 4 is 70.3 Å². The summed E-state index contributed by atoms with van der Waals surface area (Å²) in [7, 11) is 8.39. The third kappa shape index (κ3) is 20.1. The van der Waals surface area contributed by atoms with Crippen LogP contribution in [0.15, 0.2) is 109 Å². The van der Waals surface area contributed by atoms with Gasteiger partial charge in [0.25, 0.3) is 17.7 Å². The van der Waals surface area contributed by atoms with Crippen LogP contribution in [0.2, 0.25) is 10.0 Å². The fourth-order valence-electron chi connectivity index (χ4n) is 9.27. The molecule has 19 nitrogen and oxygen atoms in total. The van der Waals surface area contributed by atoms with Gasteiger partial charge in [-0.1, -0.05) is 83.3 Å². The predicted molar refractivity (Wildman–Crippen MR) is 332 cm³/mol. The SMILES string of the molecule is Cc1ccc(C(=O)NNC(=O)c2c(C)cccc2Cl)cc1C#Cc1ccc(NC(=O)CN2CCC(N(C)C)CC2)nc1.Cc1ccc(C(=O)O)cc1C#Cc1ccc(NC(=O)CN2CCC(N(C)C)CC2)nc1.Cc1cccc(Cl)c1C(=O)NN. The van der Waals surface area contributed by atoms with E-state index in [1.54, 1.807) is 123 Å². The van der Waals surface area contributed by atoms with Crippen molar-refractivity contribution in [1.82, 2.24) is 45.8 Å². The molecule has 2 aromatic heterocycles. The van der Waals surface area contributed by atoms with Gasteiger partial charge in [0, 0.05) is 78.5 Å². The zero-order valence-electron chi connectivity index (χ0n) is 49.0. The standard InChI is InChI=1S/C32H35ClN6O3.C24H28N4O3.C8H9ClN2O/c1-21-8-11-25(31(41)36-37-32(42)30-22(2)6-5-7-27(30)33)18-24(21)12-9-23-10-13-28(34-19-23)35-29(40)20-39-16-14-26(15-17-39)38(3)4;1-17-4-7-20(24(30)31)14-19(17)8-5-18-6-9-22(25-15-18)26-23(29)16-28-12-10-21(11-13-28)27(2)3;1-5-3-2-4-6(9)7(5)8(12)11-10/h5-8,10-11,13,18-19,26H,14-17,20H2,1-4H3,(H,36,41)(H,37,42)(H,34,35,40);4,6-7,9,14-15,21H,10-13,16H2,1-3H3,(H,30,31)(H,25,26,29);2-4H,10H2,1H3,(H,11,12). The molecule has 2 aliphatic heterocycles. The molecule has 21 heteroatoms. The summed E-state index contributed by atoms with van der Waals surface area (Å²) in [5.41, 5.74) is 14.1. The van der Waals surface area contributed by atoms with E-state index in [9.17, 15) is 28.8 Å². The van der Waals surface area contributed by atoms with E-state index in [-0.39, 0.29) is 23.3 Å². The molecule has 0 saturated carbocycles. The summed E-state index contributed by atoms with van der Waals surface area (Å²) < 4.78 is 0. The van der Waals surface area contributed by atoms with Crippen LogP contribution in [0.5, 0.6) is 0 Å². The number of hydrogen-bond acceptors (Lipinski definition) is 13. The Kier molecular flexibility index (Phi) is 24.7. The maximum absolute atomic E-state index is 12.7. The minimum Gasteiger partial charge on any atom is -0.478 e. The molecule has 0 unspecified atom stereocenters.